The molecule has 2 heterocycles. The fourth-order valence-corrected chi connectivity index (χ4v) is 1.61. The van der Waals surface area contributed by atoms with Crippen LogP contribution >= 0.6 is 11.6 Å². The number of nitrogens with one attached hydrogen (secondary N) is 1. The van der Waals surface area contributed by atoms with Crippen molar-refractivity contribution in [1.29, 1.82) is 5.26 Å². The van der Waals surface area contributed by atoms with Crippen LogP contribution in [0.3, 0.4) is 0 Å². The van der Waals surface area contributed by atoms with Gasteiger partial charge in [-0.3, -0.25) is 0 Å². The van der Waals surface area contributed by atoms with Crippen LogP contribution in [0.1, 0.15) is 11.3 Å². The second kappa shape index (κ2) is 4.99. The van der Waals surface area contributed by atoms with E-state index >= 15 is 0 Å². The zero-order chi connectivity index (χ0) is 12.3. The minimum absolute atomic E-state index is 0.00635. The molecule has 0 saturated heterocycles. The number of hydrogen-bond donors (Lipinski definition) is 2. The standard InChI is InChI=1S/C10H10ClN5O/c11-4-8-3-9(13-1-2-17)16-10(15-8)7(5-12)6-14-16/h3,6,13,17H,1-2,4H2. The summed E-state index contributed by atoms with van der Waals surface area (Å²) in [7, 11) is 0. The third-order valence-electron chi connectivity index (χ3n) is 2.20. The van der Waals surface area contributed by atoms with Gasteiger partial charge in [-0.2, -0.15) is 14.9 Å². The number of fused-ring (bicyclic) bond motifs is 1. The second-order valence-corrected chi connectivity index (χ2v) is 3.59. The predicted molar refractivity (Wildman–Crippen MR) is 62.8 cm³/mol. The summed E-state index contributed by atoms with van der Waals surface area (Å²) in [5, 5.41) is 24.8. The summed E-state index contributed by atoms with van der Waals surface area (Å²) in [6.07, 6.45) is 1.45. The molecule has 0 atom stereocenters. The number of rotatable bonds is 4. The van der Waals surface area contributed by atoms with E-state index in [1.165, 1.54) is 10.7 Å². The first-order valence-electron chi connectivity index (χ1n) is 4.98. The number of aromatic nitrogens is 3. The van der Waals surface area contributed by atoms with Gasteiger partial charge in [0.15, 0.2) is 5.65 Å². The summed E-state index contributed by atoms with van der Waals surface area (Å²) in [6, 6.07) is 3.76. The Morgan fingerprint density at radius 3 is 3.06 bits per heavy atom. The number of alkyl halides is 1. The average molecular weight is 252 g/mol. The molecule has 0 aliphatic rings. The minimum Gasteiger partial charge on any atom is -0.395 e. The lowest BCUT2D eigenvalue weighted by Gasteiger charge is -2.08. The highest BCUT2D eigenvalue weighted by molar-refractivity contribution is 6.16. The van der Waals surface area contributed by atoms with Crippen LogP contribution in [0.4, 0.5) is 5.82 Å². The predicted octanol–water partition coefficient (Wildman–Crippen LogP) is 0.744. The Hall–Kier alpha value is -1.84. The van der Waals surface area contributed by atoms with Gasteiger partial charge in [0, 0.05) is 12.6 Å². The van der Waals surface area contributed by atoms with Crippen molar-refractivity contribution in [2.45, 2.75) is 5.88 Å². The molecular weight excluding hydrogens is 242 g/mol. The molecule has 2 aromatic heterocycles. The molecule has 0 unspecified atom stereocenters. The van der Waals surface area contributed by atoms with E-state index in [0.29, 0.717) is 29.3 Å². The molecule has 0 bridgehead atoms. The van der Waals surface area contributed by atoms with Gasteiger partial charge in [-0.05, 0) is 0 Å². The van der Waals surface area contributed by atoms with Gasteiger partial charge in [0.2, 0.25) is 0 Å². The van der Waals surface area contributed by atoms with Gasteiger partial charge in [0.05, 0.1) is 24.4 Å². The molecule has 0 fully saturated rings. The molecule has 0 spiro atoms. The Balaban J connectivity index is 2.57. The normalized spacial score (nSPS) is 10.4. The molecule has 0 aliphatic heterocycles. The quantitative estimate of drug-likeness (QED) is 0.783. The molecule has 2 rings (SSSR count). The van der Waals surface area contributed by atoms with E-state index in [-0.39, 0.29) is 12.5 Å². The van der Waals surface area contributed by atoms with Crippen LogP contribution < -0.4 is 5.32 Å². The number of nitriles is 1. The Bertz CT molecular complexity index is 574. The number of aliphatic hydroxyl groups is 1. The average Bonchev–Trinajstić information content (AvgIpc) is 2.78. The molecule has 0 amide bonds. The van der Waals surface area contributed by atoms with Crippen molar-refractivity contribution in [2.24, 2.45) is 0 Å². The molecule has 7 heteroatoms. The van der Waals surface area contributed by atoms with Gasteiger partial charge >= 0.3 is 0 Å². The van der Waals surface area contributed by atoms with Gasteiger partial charge in [-0.25, -0.2) is 4.98 Å². The fraction of sp³-hybridized carbons (Fsp3) is 0.300. The molecule has 2 aromatic rings. The third-order valence-corrected chi connectivity index (χ3v) is 2.47. The highest BCUT2D eigenvalue weighted by Gasteiger charge is 2.10. The largest absolute Gasteiger partial charge is 0.395 e. The van der Waals surface area contributed by atoms with Gasteiger partial charge in [-0.15, -0.1) is 11.6 Å². The van der Waals surface area contributed by atoms with Crippen molar-refractivity contribution in [3.63, 3.8) is 0 Å². The highest BCUT2D eigenvalue weighted by atomic mass is 35.5. The first kappa shape index (κ1) is 11.6. The van der Waals surface area contributed by atoms with E-state index in [0.717, 1.165) is 0 Å². The molecule has 88 valence electrons. The Kier molecular flexibility index (Phi) is 3.42. The lowest BCUT2D eigenvalue weighted by molar-refractivity contribution is 0.311. The maximum atomic E-state index is 8.92. The monoisotopic (exact) mass is 251 g/mol. The first-order valence-corrected chi connectivity index (χ1v) is 5.52. The van der Waals surface area contributed by atoms with Crippen molar-refractivity contribution in [3.8, 4) is 6.07 Å². The zero-order valence-electron chi connectivity index (χ0n) is 8.89. The number of anilines is 1. The van der Waals surface area contributed by atoms with E-state index in [9.17, 15) is 0 Å². The van der Waals surface area contributed by atoms with Crippen molar-refractivity contribution in [1.82, 2.24) is 14.6 Å². The Morgan fingerprint density at radius 2 is 2.41 bits per heavy atom. The van der Waals surface area contributed by atoms with Crippen LogP contribution in [0.5, 0.6) is 0 Å². The van der Waals surface area contributed by atoms with E-state index in [4.69, 9.17) is 22.0 Å². The van der Waals surface area contributed by atoms with Crippen LogP contribution in [0, 0.1) is 11.3 Å². The Labute approximate surface area is 102 Å². The molecule has 0 saturated carbocycles. The smallest absolute Gasteiger partial charge is 0.175 e. The number of halogens is 1. The summed E-state index contributed by atoms with van der Waals surface area (Å²) < 4.78 is 1.52. The van der Waals surface area contributed by atoms with Crippen molar-refractivity contribution < 1.29 is 5.11 Å². The molecule has 6 nitrogen and oxygen atoms in total. The van der Waals surface area contributed by atoms with Crippen LogP contribution in [0.25, 0.3) is 5.65 Å². The van der Waals surface area contributed by atoms with Gasteiger partial charge in [-0.1, -0.05) is 0 Å². The first-order chi connectivity index (χ1) is 8.30. The van der Waals surface area contributed by atoms with Gasteiger partial charge < -0.3 is 10.4 Å². The third kappa shape index (κ3) is 2.16. The molecule has 0 aliphatic carbocycles. The zero-order valence-corrected chi connectivity index (χ0v) is 9.65. The van der Waals surface area contributed by atoms with Crippen molar-refractivity contribution in [2.75, 3.05) is 18.5 Å². The molecule has 17 heavy (non-hydrogen) atoms. The fourth-order valence-electron chi connectivity index (χ4n) is 1.47. The van der Waals surface area contributed by atoms with Crippen molar-refractivity contribution in [3.05, 3.63) is 23.5 Å². The van der Waals surface area contributed by atoms with E-state index in [1.807, 2.05) is 6.07 Å². The van der Waals surface area contributed by atoms with Crippen LogP contribution in [0.2, 0.25) is 0 Å². The van der Waals surface area contributed by atoms with Crippen LogP contribution in [-0.4, -0.2) is 32.9 Å². The van der Waals surface area contributed by atoms with Crippen LogP contribution in [0.15, 0.2) is 12.3 Å². The van der Waals surface area contributed by atoms with E-state index < -0.39 is 0 Å². The lowest BCUT2D eigenvalue weighted by atomic mass is 10.3. The SMILES string of the molecule is N#Cc1cnn2c(NCCO)cc(CCl)nc12. The number of aliphatic hydroxyl groups excluding tert-OH is 1. The van der Waals surface area contributed by atoms with Crippen molar-refractivity contribution >= 4 is 23.1 Å². The summed E-state index contributed by atoms with van der Waals surface area (Å²) in [5.74, 6) is 0.904. The van der Waals surface area contributed by atoms with Gasteiger partial charge in [0.25, 0.3) is 0 Å². The minimum atomic E-state index is 0.00635. The summed E-state index contributed by atoms with van der Waals surface area (Å²) in [4.78, 5) is 4.24. The molecule has 0 radical (unpaired) electrons. The molecule has 0 aromatic carbocycles. The second-order valence-electron chi connectivity index (χ2n) is 3.32. The molecule has 2 N–H and O–H groups in total. The van der Waals surface area contributed by atoms with E-state index in [2.05, 4.69) is 15.4 Å². The maximum Gasteiger partial charge on any atom is 0.175 e. The molecular formula is C10H10ClN5O. The van der Waals surface area contributed by atoms with Gasteiger partial charge in [0.1, 0.15) is 17.5 Å². The topological polar surface area (TPSA) is 86.2 Å². The van der Waals surface area contributed by atoms with Crippen LogP contribution in [-0.2, 0) is 5.88 Å². The highest BCUT2D eigenvalue weighted by Crippen LogP contribution is 2.16. The number of nitrogens with zero attached hydrogens (tertiary/aromatic N) is 4. The Morgan fingerprint density at radius 1 is 1.59 bits per heavy atom. The van der Waals surface area contributed by atoms with E-state index in [1.54, 1.807) is 6.07 Å². The lowest BCUT2D eigenvalue weighted by Crippen LogP contribution is -2.11. The summed E-state index contributed by atoms with van der Waals surface area (Å²) in [5.41, 5.74) is 1.51. The maximum absolute atomic E-state index is 8.92. The number of hydrogen-bond acceptors (Lipinski definition) is 5. The summed E-state index contributed by atoms with van der Waals surface area (Å²) >= 11 is 5.74. The summed E-state index contributed by atoms with van der Waals surface area (Å²) in [6.45, 7) is 0.398.